The van der Waals surface area contributed by atoms with E-state index >= 15 is 0 Å². The number of esters is 1. The lowest BCUT2D eigenvalue weighted by Gasteiger charge is -2.29. The number of nitrogens with zero attached hydrogens (tertiary/aromatic N) is 2. The van der Waals surface area contributed by atoms with Gasteiger partial charge < -0.3 is 35.0 Å². The van der Waals surface area contributed by atoms with E-state index in [1.165, 1.54) is 20.2 Å². The number of imidazole rings is 1. The molecular formula is C37H42N6O6. The van der Waals surface area contributed by atoms with E-state index < -0.39 is 47.1 Å². The molecule has 5 rings (SSSR count). The first-order valence-electron chi connectivity index (χ1n) is 16.1. The first-order chi connectivity index (χ1) is 23.2. The number of para-hydroxylation sites is 1. The number of anilines is 1. The number of nitrogens with one attached hydrogen (secondary N) is 4. The molecule has 12 heteroatoms. The van der Waals surface area contributed by atoms with Crippen LogP contribution in [0.2, 0.25) is 0 Å². The fourth-order valence-corrected chi connectivity index (χ4v) is 5.47. The second kappa shape index (κ2) is 14.2. The second-order valence-electron chi connectivity index (χ2n) is 13.3. The van der Waals surface area contributed by atoms with Crippen molar-refractivity contribution >= 4 is 51.4 Å². The average Bonchev–Trinajstić information content (AvgIpc) is 3.66. The molecule has 0 fully saturated rings. The van der Waals surface area contributed by atoms with Crippen molar-refractivity contribution in [1.82, 2.24) is 25.2 Å². The summed E-state index contributed by atoms with van der Waals surface area (Å²) in [5.41, 5.74) is 0.190. The Hall–Kier alpha value is -5.65. The van der Waals surface area contributed by atoms with E-state index in [9.17, 15) is 19.2 Å². The van der Waals surface area contributed by atoms with Gasteiger partial charge >= 0.3 is 12.1 Å². The first-order valence-corrected chi connectivity index (χ1v) is 16.1. The van der Waals surface area contributed by atoms with Gasteiger partial charge in [0.15, 0.2) is 11.9 Å². The molecule has 5 aromatic rings. The third kappa shape index (κ3) is 8.45. The number of hydrogen-bond donors (Lipinski definition) is 4. The van der Waals surface area contributed by atoms with E-state index in [2.05, 4.69) is 25.9 Å². The summed E-state index contributed by atoms with van der Waals surface area (Å²) in [6, 6.07) is 19.3. The van der Waals surface area contributed by atoms with Gasteiger partial charge in [-0.25, -0.2) is 14.6 Å². The third-order valence-electron chi connectivity index (χ3n) is 7.85. The molecule has 2 atom stereocenters. The van der Waals surface area contributed by atoms with E-state index in [4.69, 9.17) is 9.47 Å². The standard InChI is InChI=1S/C37H42N6O6/c1-7-48-33(45)31(25-17-16-23-12-8-9-13-24(23)18-25)43-21-30(39-22-43)41-32(44)29(19-26-20-38-28-15-11-10-14-27(26)28)40-34(46)37(5,6)42-35(47)49-36(2,3)4/h8-18,20-22,29,31,38H,7,19H2,1-6H3,(H,40,46)(H,41,44)(H,42,47). The molecule has 0 radical (unpaired) electrons. The number of amides is 3. The molecule has 0 spiro atoms. The highest BCUT2D eigenvalue weighted by molar-refractivity contribution is 5.99. The van der Waals surface area contributed by atoms with Crippen molar-refractivity contribution in [2.75, 3.05) is 11.9 Å². The van der Waals surface area contributed by atoms with E-state index in [-0.39, 0.29) is 18.8 Å². The molecule has 0 aliphatic heterocycles. The van der Waals surface area contributed by atoms with Gasteiger partial charge in [-0.3, -0.25) is 9.59 Å². The fourth-order valence-electron chi connectivity index (χ4n) is 5.47. The zero-order chi connectivity index (χ0) is 35.3. The van der Waals surface area contributed by atoms with Crippen molar-refractivity contribution in [3.8, 4) is 0 Å². The summed E-state index contributed by atoms with van der Waals surface area (Å²) in [7, 11) is 0. The van der Waals surface area contributed by atoms with Gasteiger partial charge in [0.05, 0.1) is 12.9 Å². The van der Waals surface area contributed by atoms with Crippen LogP contribution in [0.5, 0.6) is 0 Å². The van der Waals surface area contributed by atoms with Crippen molar-refractivity contribution in [2.24, 2.45) is 0 Å². The Morgan fingerprint density at radius 2 is 1.65 bits per heavy atom. The Labute approximate surface area is 284 Å². The summed E-state index contributed by atoms with van der Waals surface area (Å²) in [6.07, 6.45) is 4.16. The molecule has 0 aliphatic carbocycles. The lowest BCUT2D eigenvalue weighted by molar-refractivity contribution is -0.145. The van der Waals surface area contributed by atoms with Crippen LogP contribution in [-0.4, -0.2) is 62.2 Å². The maximum Gasteiger partial charge on any atom is 0.408 e. The molecule has 49 heavy (non-hydrogen) atoms. The minimum atomic E-state index is -1.42. The lowest BCUT2D eigenvalue weighted by atomic mass is 10.0. The van der Waals surface area contributed by atoms with E-state index in [0.29, 0.717) is 5.56 Å². The molecule has 0 saturated carbocycles. The number of aromatic nitrogens is 3. The van der Waals surface area contributed by atoms with Crippen molar-refractivity contribution in [2.45, 2.75) is 71.2 Å². The number of aromatic amines is 1. The molecule has 4 N–H and O–H groups in total. The second-order valence-corrected chi connectivity index (χ2v) is 13.3. The van der Waals surface area contributed by atoms with Crippen LogP contribution in [0.15, 0.2) is 85.5 Å². The van der Waals surface area contributed by atoms with Gasteiger partial charge in [0.25, 0.3) is 0 Å². The van der Waals surface area contributed by atoms with Crippen LogP contribution in [0.25, 0.3) is 21.7 Å². The van der Waals surface area contributed by atoms with Crippen molar-refractivity contribution in [3.05, 3.63) is 96.6 Å². The molecule has 3 aromatic carbocycles. The average molecular weight is 667 g/mol. The molecule has 256 valence electrons. The summed E-state index contributed by atoms with van der Waals surface area (Å²) in [5, 5.41) is 11.1. The van der Waals surface area contributed by atoms with E-state index in [0.717, 1.165) is 27.2 Å². The number of carbonyl (C=O) groups is 4. The summed E-state index contributed by atoms with van der Waals surface area (Å²) in [6.45, 7) is 10.1. The number of rotatable bonds is 11. The molecule has 2 heterocycles. The summed E-state index contributed by atoms with van der Waals surface area (Å²) in [4.78, 5) is 60.8. The number of carbonyl (C=O) groups excluding carboxylic acids is 4. The highest BCUT2D eigenvalue weighted by atomic mass is 16.6. The monoisotopic (exact) mass is 666 g/mol. The van der Waals surface area contributed by atoms with Gasteiger partial charge in [0.2, 0.25) is 11.8 Å². The van der Waals surface area contributed by atoms with Crippen LogP contribution in [-0.2, 0) is 30.3 Å². The lowest BCUT2D eigenvalue weighted by Crippen LogP contribution is -2.59. The summed E-state index contributed by atoms with van der Waals surface area (Å²) < 4.78 is 12.3. The normalized spacial score (nSPS) is 13.0. The van der Waals surface area contributed by atoms with Crippen LogP contribution in [0, 0.1) is 0 Å². The molecule has 3 amide bonds. The highest BCUT2D eigenvalue weighted by Crippen LogP contribution is 2.26. The van der Waals surface area contributed by atoms with Gasteiger partial charge in [-0.15, -0.1) is 0 Å². The quantitative estimate of drug-likeness (QED) is 0.133. The molecular weight excluding hydrogens is 624 g/mol. The number of alkyl carbamates (subject to hydrolysis) is 1. The molecule has 2 aromatic heterocycles. The first kappa shape index (κ1) is 34.7. The Morgan fingerprint density at radius 3 is 2.39 bits per heavy atom. The van der Waals surface area contributed by atoms with Gasteiger partial charge in [0, 0.05) is 29.7 Å². The Kier molecular flexibility index (Phi) is 10.1. The minimum absolute atomic E-state index is 0.132. The van der Waals surface area contributed by atoms with Crippen molar-refractivity contribution in [3.63, 3.8) is 0 Å². The Bertz CT molecular complexity index is 1990. The van der Waals surface area contributed by atoms with Gasteiger partial charge in [0.1, 0.15) is 17.2 Å². The predicted molar refractivity (Wildman–Crippen MR) is 187 cm³/mol. The number of benzene rings is 3. The van der Waals surface area contributed by atoms with Gasteiger partial charge in [-0.1, -0.05) is 54.6 Å². The highest BCUT2D eigenvalue weighted by Gasteiger charge is 2.35. The summed E-state index contributed by atoms with van der Waals surface area (Å²) in [5.74, 6) is -1.44. The zero-order valence-corrected chi connectivity index (χ0v) is 28.5. The van der Waals surface area contributed by atoms with Crippen molar-refractivity contribution in [1.29, 1.82) is 0 Å². The van der Waals surface area contributed by atoms with Gasteiger partial charge in [-0.2, -0.15) is 0 Å². The predicted octanol–water partition coefficient (Wildman–Crippen LogP) is 5.64. The number of H-pyrrole nitrogens is 1. The minimum Gasteiger partial charge on any atom is -0.464 e. The molecule has 0 bridgehead atoms. The van der Waals surface area contributed by atoms with Gasteiger partial charge in [-0.05, 0) is 75.6 Å². The SMILES string of the molecule is CCOC(=O)C(c1ccc2ccccc2c1)n1cnc(NC(=O)C(Cc2c[nH]c3ccccc23)NC(=O)C(C)(C)NC(=O)OC(C)(C)C)c1. The van der Waals surface area contributed by atoms with Crippen molar-refractivity contribution < 1.29 is 28.7 Å². The zero-order valence-electron chi connectivity index (χ0n) is 28.5. The maximum atomic E-state index is 13.9. The third-order valence-corrected chi connectivity index (χ3v) is 7.85. The van der Waals surface area contributed by atoms with E-state index in [1.54, 1.807) is 44.7 Å². The molecule has 0 saturated heterocycles. The Morgan fingerprint density at radius 1 is 0.939 bits per heavy atom. The molecule has 12 nitrogen and oxygen atoms in total. The summed E-state index contributed by atoms with van der Waals surface area (Å²) >= 11 is 0. The van der Waals surface area contributed by atoms with Crippen LogP contribution in [0.3, 0.4) is 0 Å². The number of fused-ring (bicyclic) bond motifs is 2. The Balaban J connectivity index is 1.40. The van der Waals surface area contributed by atoms with Crippen LogP contribution >= 0.6 is 0 Å². The fraction of sp³-hybridized carbons (Fsp3) is 0.324. The van der Waals surface area contributed by atoms with Crippen LogP contribution in [0.4, 0.5) is 10.6 Å². The number of hydrogen-bond acceptors (Lipinski definition) is 7. The number of ether oxygens (including phenoxy) is 2. The van der Waals surface area contributed by atoms with E-state index in [1.807, 2.05) is 66.7 Å². The maximum absolute atomic E-state index is 13.9. The topological polar surface area (TPSA) is 156 Å². The molecule has 2 unspecified atom stereocenters. The largest absolute Gasteiger partial charge is 0.464 e. The smallest absolute Gasteiger partial charge is 0.408 e. The van der Waals surface area contributed by atoms with Crippen LogP contribution in [0.1, 0.15) is 58.7 Å². The van der Waals surface area contributed by atoms with Crippen LogP contribution < -0.4 is 16.0 Å². The molecule has 0 aliphatic rings.